The topological polar surface area (TPSA) is 88.8 Å². The van der Waals surface area contributed by atoms with Crippen molar-refractivity contribution in [1.82, 2.24) is 5.32 Å². The first-order valence-corrected chi connectivity index (χ1v) is 7.27. The summed E-state index contributed by atoms with van der Waals surface area (Å²) in [5, 5.41) is 11.3. The lowest BCUT2D eigenvalue weighted by molar-refractivity contribution is -0.123. The van der Waals surface area contributed by atoms with Gasteiger partial charge in [0.25, 0.3) is 5.91 Å². The van der Waals surface area contributed by atoms with Gasteiger partial charge in [0.1, 0.15) is 11.5 Å². The Morgan fingerprint density at radius 3 is 2.43 bits per heavy atom. The van der Waals surface area contributed by atoms with Crippen LogP contribution in [0, 0.1) is 0 Å². The van der Waals surface area contributed by atoms with E-state index in [-0.39, 0.29) is 24.8 Å². The predicted molar refractivity (Wildman–Crippen MR) is 83.5 cm³/mol. The summed E-state index contributed by atoms with van der Waals surface area (Å²) >= 11 is 0. The fourth-order valence-electron chi connectivity index (χ4n) is 1.92. The lowest BCUT2D eigenvalue weighted by atomic mass is 10.0. The lowest BCUT2D eigenvalue weighted by Gasteiger charge is -2.09. The minimum atomic E-state index is -1.14. The molecule has 6 heteroatoms. The van der Waals surface area contributed by atoms with Crippen molar-refractivity contribution in [3.05, 3.63) is 53.5 Å². The van der Waals surface area contributed by atoms with Gasteiger partial charge in [-0.05, 0) is 35.7 Å². The highest BCUT2D eigenvalue weighted by atomic mass is 16.5. The summed E-state index contributed by atoms with van der Waals surface area (Å²) in [6.07, 6.45) is 0. The number of amides is 1. The number of carbonyl (C=O) groups excluding carboxylic acids is 1. The minimum absolute atomic E-state index is 0.113. The van der Waals surface area contributed by atoms with Gasteiger partial charge in [-0.1, -0.05) is 26.0 Å². The maximum Gasteiger partial charge on any atom is 0.371 e. The van der Waals surface area contributed by atoms with E-state index in [1.807, 2.05) is 24.3 Å². The Labute approximate surface area is 134 Å². The Bertz CT molecular complexity index is 673. The van der Waals surface area contributed by atoms with Crippen molar-refractivity contribution in [2.75, 3.05) is 6.61 Å². The molecule has 0 bridgehead atoms. The van der Waals surface area contributed by atoms with Crippen molar-refractivity contribution < 1.29 is 23.8 Å². The Morgan fingerprint density at radius 1 is 1.17 bits per heavy atom. The Morgan fingerprint density at radius 2 is 1.87 bits per heavy atom. The van der Waals surface area contributed by atoms with Crippen LogP contribution in [0.4, 0.5) is 0 Å². The normalized spacial score (nSPS) is 10.6. The molecule has 0 unspecified atom stereocenters. The monoisotopic (exact) mass is 317 g/mol. The number of furan rings is 1. The largest absolute Gasteiger partial charge is 0.484 e. The molecule has 0 aliphatic heterocycles. The van der Waals surface area contributed by atoms with E-state index < -0.39 is 5.97 Å². The summed E-state index contributed by atoms with van der Waals surface area (Å²) in [6, 6.07) is 10.4. The summed E-state index contributed by atoms with van der Waals surface area (Å²) < 4.78 is 10.4. The highest BCUT2D eigenvalue weighted by Gasteiger charge is 2.10. The molecule has 0 aliphatic rings. The summed E-state index contributed by atoms with van der Waals surface area (Å²) in [5.74, 6) is -0.179. The van der Waals surface area contributed by atoms with Crippen LogP contribution in [0.15, 0.2) is 40.8 Å². The van der Waals surface area contributed by atoms with Crippen LogP contribution in [0.5, 0.6) is 5.75 Å². The fraction of sp³-hybridized carbons (Fsp3) is 0.294. The molecule has 0 fully saturated rings. The Hall–Kier alpha value is -2.76. The van der Waals surface area contributed by atoms with E-state index in [4.69, 9.17) is 14.3 Å². The second-order valence-electron chi connectivity index (χ2n) is 5.36. The Kier molecular flexibility index (Phi) is 5.41. The van der Waals surface area contributed by atoms with Gasteiger partial charge in [0.2, 0.25) is 5.76 Å². The molecule has 1 amide bonds. The average molecular weight is 317 g/mol. The molecule has 23 heavy (non-hydrogen) atoms. The van der Waals surface area contributed by atoms with E-state index in [1.165, 1.54) is 17.7 Å². The molecule has 0 aliphatic carbocycles. The highest BCUT2D eigenvalue weighted by molar-refractivity contribution is 5.84. The van der Waals surface area contributed by atoms with Gasteiger partial charge in [-0.15, -0.1) is 0 Å². The number of carboxylic acids is 1. The molecule has 0 saturated heterocycles. The molecule has 0 radical (unpaired) electrons. The molecule has 2 N–H and O–H groups in total. The van der Waals surface area contributed by atoms with Crippen LogP contribution in [-0.2, 0) is 11.3 Å². The van der Waals surface area contributed by atoms with E-state index in [2.05, 4.69) is 19.2 Å². The van der Waals surface area contributed by atoms with Crippen LogP contribution in [0.3, 0.4) is 0 Å². The zero-order valence-corrected chi connectivity index (χ0v) is 13.0. The fourth-order valence-corrected chi connectivity index (χ4v) is 1.92. The van der Waals surface area contributed by atoms with E-state index in [1.54, 1.807) is 0 Å². The SMILES string of the molecule is CC(C)c1ccc(OCC(=O)NCc2ccc(C(=O)O)o2)cc1. The van der Waals surface area contributed by atoms with E-state index >= 15 is 0 Å². The number of ether oxygens (including phenoxy) is 1. The Balaban J connectivity index is 1.77. The van der Waals surface area contributed by atoms with Gasteiger partial charge in [0, 0.05) is 0 Å². The third-order valence-corrected chi connectivity index (χ3v) is 3.25. The van der Waals surface area contributed by atoms with Crippen LogP contribution in [0.25, 0.3) is 0 Å². The van der Waals surface area contributed by atoms with Crippen LogP contribution in [-0.4, -0.2) is 23.6 Å². The zero-order chi connectivity index (χ0) is 16.8. The number of hydrogen-bond donors (Lipinski definition) is 2. The first-order chi connectivity index (χ1) is 11.0. The van der Waals surface area contributed by atoms with Crippen molar-refractivity contribution in [3.63, 3.8) is 0 Å². The third kappa shape index (κ3) is 4.88. The molecule has 2 aromatic rings. The van der Waals surface area contributed by atoms with Gasteiger partial charge in [-0.3, -0.25) is 4.79 Å². The second-order valence-corrected chi connectivity index (χ2v) is 5.36. The lowest BCUT2D eigenvalue weighted by Crippen LogP contribution is -2.28. The third-order valence-electron chi connectivity index (χ3n) is 3.25. The summed E-state index contributed by atoms with van der Waals surface area (Å²) in [6.45, 7) is 4.21. The number of rotatable bonds is 7. The highest BCUT2D eigenvalue weighted by Crippen LogP contribution is 2.18. The molecule has 1 aromatic carbocycles. The molecule has 0 spiro atoms. The molecule has 0 atom stereocenters. The molecule has 6 nitrogen and oxygen atoms in total. The summed E-state index contributed by atoms with van der Waals surface area (Å²) in [4.78, 5) is 22.4. The van der Waals surface area contributed by atoms with Crippen molar-refractivity contribution in [2.45, 2.75) is 26.3 Å². The van der Waals surface area contributed by atoms with Gasteiger partial charge >= 0.3 is 5.97 Å². The molecule has 122 valence electrons. The van der Waals surface area contributed by atoms with Crippen molar-refractivity contribution in [1.29, 1.82) is 0 Å². The van der Waals surface area contributed by atoms with Crippen LogP contribution in [0.1, 0.15) is 41.6 Å². The minimum Gasteiger partial charge on any atom is -0.484 e. The molecule has 1 heterocycles. The number of benzene rings is 1. The quantitative estimate of drug-likeness (QED) is 0.819. The summed E-state index contributed by atoms with van der Waals surface area (Å²) in [5.41, 5.74) is 1.20. The van der Waals surface area contributed by atoms with Crippen molar-refractivity contribution in [3.8, 4) is 5.75 Å². The zero-order valence-electron chi connectivity index (χ0n) is 13.0. The number of carbonyl (C=O) groups is 2. The smallest absolute Gasteiger partial charge is 0.371 e. The van der Waals surface area contributed by atoms with E-state index in [0.29, 0.717) is 17.4 Å². The van der Waals surface area contributed by atoms with E-state index in [0.717, 1.165) is 0 Å². The first kappa shape index (κ1) is 16.6. The van der Waals surface area contributed by atoms with Crippen LogP contribution >= 0.6 is 0 Å². The second kappa shape index (κ2) is 7.49. The number of carboxylic acid groups (broad SMARTS) is 1. The molecule has 0 saturated carbocycles. The van der Waals surface area contributed by atoms with E-state index in [9.17, 15) is 9.59 Å². The molecule has 1 aromatic heterocycles. The number of aromatic carboxylic acids is 1. The van der Waals surface area contributed by atoms with Crippen LogP contribution < -0.4 is 10.1 Å². The molecular weight excluding hydrogens is 298 g/mol. The van der Waals surface area contributed by atoms with Gasteiger partial charge in [-0.25, -0.2) is 4.79 Å². The molecule has 2 rings (SSSR count). The van der Waals surface area contributed by atoms with Crippen molar-refractivity contribution in [2.24, 2.45) is 0 Å². The van der Waals surface area contributed by atoms with Gasteiger partial charge in [0.05, 0.1) is 6.54 Å². The average Bonchev–Trinajstić information content (AvgIpc) is 3.00. The maximum absolute atomic E-state index is 11.7. The van der Waals surface area contributed by atoms with Crippen molar-refractivity contribution >= 4 is 11.9 Å². The number of nitrogens with one attached hydrogen (secondary N) is 1. The maximum atomic E-state index is 11.7. The van der Waals surface area contributed by atoms with Crippen LogP contribution in [0.2, 0.25) is 0 Å². The summed E-state index contributed by atoms with van der Waals surface area (Å²) in [7, 11) is 0. The standard InChI is InChI=1S/C17H19NO5/c1-11(2)12-3-5-13(6-4-12)22-10-16(19)18-9-14-7-8-15(23-14)17(20)21/h3-8,11H,9-10H2,1-2H3,(H,18,19)(H,20,21). The van der Waals surface area contributed by atoms with Gasteiger partial charge in [0.15, 0.2) is 6.61 Å². The predicted octanol–water partition coefficient (Wildman–Crippen LogP) is 2.80. The first-order valence-electron chi connectivity index (χ1n) is 7.27. The van der Waals surface area contributed by atoms with Gasteiger partial charge < -0.3 is 19.6 Å². The molecular formula is C17H19NO5. The van der Waals surface area contributed by atoms with Gasteiger partial charge in [-0.2, -0.15) is 0 Å². The number of hydrogen-bond acceptors (Lipinski definition) is 4.